The number of fused-ring (bicyclic) bond motifs is 1. The van der Waals surface area contributed by atoms with Crippen LogP contribution in [0.4, 0.5) is 0 Å². The highest BCUT2D eigenvalue weighted by molar-refractivity contribution is 6.09. The van der Waals surface area contributed by atoms with E-state index < -0.39 is 0 Å². The number of rotatable bonds is 2. The minimum atomic E-state index is 0.129. The van der Waals surface area contributed by atoms with Crippen molar-refractivity contribution in [2.75, 3.05) is 0 Å². The summed E-state index contributed by atoms with van der Waals surface area (Å²) in [5.41, 5.74) is 3.29. The van der Waals surface area contributed by atoms with E-state index in [-0.39, 0.29) is 11.3 Å². The molecule has 1 fully saturated rings. The zero-order chi connectivity index (χ0) is 14.3. The predicted octanol–water partition coefficient (Wildman–Crippen LogP) is 4.88. The van der Waals surface area contributed by atoms with Crippen molar-refractivity contribution in [2.45, 2.75) is 46.5 Å². The minimum absolute atomic E-state index is 0.129. The lowest BCUT2D eigenvalue weighted by molar-refractivity contribution is 0.0699. The maximum Gasteiger partial charge on any atom is 0.168 e. The average Bonchev–Trinajstić information content (AvgIpc) is 2.80. The minimum Gasteiger partial charge on any atom is -0.360 e. The normalized spacial score (nSPS) is 22.1. The molecule has 20 heavy (non-hydrogen) atoms. The Labute approximate surface area is 120 Å². The molecule has 3 rings (SSSR count). The summed E-state index contributed by atoms with van der Waals surface area (Å²) in [4.78, 5) is 16.2. The Kier molecular flexibility index (Phi) is 3.19. The lowest BCUT2D eigenvalue weighted by Gasteiger charge is -2.37. The number of hydrogen-bond donors (Lipinski definition) is 1. The highest BCUT2D eigenvalue weighted by Gasteiger charge is 2.38. The first-order chi connectivity index (χ1) is 9.49. The molecule has 0 saturated heterocycles. The SMILES string of the molecule is Cc1ccc2c(C(=O)C3CCCCC3(C)C)c[nH]c2c1. The van der Waals surface area contributed by atoms with Gasteiger partial charge in [0.05, 0.1) is 0 Å². The van der Waals surface area contributed by atoms with Gasteiger partial charge in [0, 0.05) is 28.6 Å². The molecule has 0 aliphatic heterocycles. The van der Waals surface area contributed by atoms with Crippen LogP contribution in [0.5, 0.6) is 0 Å². The van der Waals surface area contributed by atoms with E-state index in [0.717, 1.165) is 29.3 Å². The van der Waals surface area contributed by atoms with Gasteiger partial charge in [0.2, 0.25) is 0 Å². The van der Waals surface area contributed by atoms with Gasteiger partial charge >= 0.3 is 0 Å². The largest absolute Gasteiger partial charge is 0.360 e. The number of benzene rings is 1. The molecule has 1 atom stereocenters. The van der Waals surface area contributed by atoms with Gasteiger partial charge in [-0.3, -0.25) is 4.79 Å². The molecule has 0 amide bonds. The number of Topliss-reactive ketones (excluding diaryl/α,β-unsaturated/α-hetero) is 1. The molecule has 0 spiro atoms. The summed E-state index contributed by atoms with van der Waals surface area (Å²) in [7, 11) is 0. The van der Waals surface area contributed by atoms with Crippen LogP contribution >= 0.6 is 0 Å². The number of ketones is 1. The fourth-order valence-electron chi connectivity index (χ4n) is 3.61. The molecule has 1 N–H and O–H groups in total. The van der Waals surface area contributed by atoms with Crippen LogP contribution in [0.2, 0.25) is 0 Å². The molecule has 2 heteroatoms. The van der Waals surface area contributed by atoms with E-state index in [1.54, 1.807) is 0 Å². The summed E-state index contributed by atoms with van der Waals surface area (Å²) in [5, 5.41) is 1.07. The standard InChI is InChI=1S/C18H23NO/c1-12-7-8-13-14(11-19-16(13)10-12)17(20)15-6-4-5-9-18(15,2)3/h7-8,10-11,15,19H,4-6,9H2,1-3H3. The van der Waals surface area contributed by atoms with Crippen molar-refractivity contribution in [3.63, 3.8) is 0 Å². The first-order valence-electron chi connectivity index (χ1n) is 7.61. The molecule has 0 radical (unpaired) electrons. The van der Waals surface area contributed by atoms with Crippen LogP contribution in [-0.4, -0.2) is 10.8 Å². The molecular formula is C18H23NO. The molecule has 106 valence electrons. The third-order valence-electron chi connectivity index (χ3n) is 4.93. The second-order valence-corrected chi connectivity index (χ2v) is 6.90. The number of aromatic amines is 1. The maximum absolute atomic E-state index is 13.0. The monoisotopic (exact) mass is 269 g/mol. The van der Waals surface area contributed by atoms with E-state index in [9.17, 15) is 4.79 Å². The molecule has 1 saturated carbocycles. The highest BCUT2D eigenvalue weighted by Crippen LogP contribution is 2.42. The van der Waals surface area contributed by atoms with E-state index in [1.807, 2.05) is 6.20 Å². The first kappa shape index (κ1) is 13.4. The van der Waals surface area contributed by atoms with Gasteiger partial charge in [-0.2, -0.15) is 0 Å². The van der Waals surface area contributed by atoms with Crippen LogP contribution in [0.15, 0.2) is 24.4 Å². The summed E-state index contributed by atoms with van der Waals surface area (Å²) < 4.78 is 0. The van der Waals surface area contributed by atoms with Gasteiger partial charge in [-0.1, -0.05) is 38.8 Å². The molecule has 1 aromatic heterocycles. The van der Waals surface area contributed by atoms with Crippen LogP contribution in [0.3, 0.4) is 0 Å². The summed E-state index contributed by atoms with van der Waals surface area (Å²) in [6.45, 7) is 6.56. The van der Waals surface area contributed by atoms with Gasteiger partial charge in [-0.05, 0) is 36.8 Å². The Morgan fingerprint density at radius 2 is 2.10 bits per heavy atom. The third-order valence-corrected chi connectivity index (χ3v) is 4.93. The molecule has 1 aliphatic carbocycles. The third kappa shape index (κ3) is 2.17. The van der Waals surface area contributed by atoms with Crippen LogP contribution in [-0.2, 0) is 0 Å². The first-order valence-corrected chi connectivity index (χ1v) is 7.61. The van der Waals surface area contributed by atoms with Gasteiger partial charge < -0.3 is 4.98 Å². The van der Waals surface area contributed by atoms with E-state index in [4.69, 9.17) is 0 Å². The Morgan fingerprint density at radius 3 is 2.85 bits per heavy atom. The fraction of sp³-hybridized carbons (Fsp3) is 0.500. The number of hydrogen-bond acceptors (Lipinski definition) is 1. The summed E-state index contributed by atoms with van der Waals surface area (Å²) >= 11 is 0. The second kappa shape index (κ2) is 4.76. The number of aryl methyl sites for hydroxylation is 1. The van der Waals surface area contributed by atoms with Crippen molar-refractivity contribution < 1.29 is 4.79 Å². The Hall–Kier alpha value is -1.57. The van der Waals surface area contributed by atoms with Crippen molar-refractivity contribution >= 4 is 16.7 Å². The van der Waals surface area contributed by atoms with Crippen LogP contribution in [0.1, 0.15) is 55.5 Å². The average molecular weight is 269 g/mol. The number of carbonyl (C=O) groups is 1. The zero-order valence-corrected chi connectivity index (χ0v) is 12.6. The van der Waals surface area contributed by atoms with E-state index in [1.165, 1.54) is 18.4 Å². The zero-order valence-electron chi connectivity index (χ0n) is 12.6. The van der Waals surface area contributed by atoms with Gasteiger partial charge in [0.25, 0.3) is 0 Å². The van der Waals surface area contributed by atoms with Crippen molar-refractivity contribution in [1.29, 1.82) is 0 Å². The second-order valence-electron chi connectivity index (χ2n) is 6.90. The molecule has 2 aromatic rings. The smallest absolute Gasteiger partial charge is 0.168 e. The van der Waals surface area contributed by atoms with Crippen LogP contribution < -0.4 is 0 Å². The number of carbonyl (C=O) groups excluding carboxylic acids is 1. The van der Waals surface area contributed by atoms with E-state index >= 15 is 0 Å². The topological polar surface area (TPSA) is 32.9 Å². The van der Waals surface area contributed by atoms with Crippen LogP contribution in [0.25, 0.3) is 10.9 Å². The molecule has 1 aliphatic rings. The molecule has 1 unspecified atom stereocenters. The number of H-pyrrole nitrogens is 1. The predicted molar refractivity (Wildman–Crippen MR) is 83.1 cm³/mol. The van der Waals surface area contributed by atoms with Gasteiger partial charge in [-0.15, -0.1) is 0 Å². The molecule has 1 aromatic carbocycles. The number of aromatic nitrogens is 1. The van der Waals surface area contributed by atoms with Crippen LogP contribution in [0, 0.1) is 18.3 Å². The molecule has 1 heterocycles. The van der Waals surface area contributed by atoms with Crippen molar-refractivity contribution in [1.82, 2.24) is 4.98 Å². The van der Waals surface area contributed by atoms with Crippen molar-refractivity contribution in [3.05, 3.63) is 35.5 Å². The Bertz CT molecular complexity index is 650. The van der Waals surface area contributed by atoms with Gasteiger partial charge in [-0.25, -0.2) is 0 Å². The summed E-state index contributed by atoms with van der Waals surface area (Å²) in [6, 6.07) is 6.27. The summed E-state index contributed by atoms with van der Waals surface area (Å²) in [5.74, 6) is 0.487. The van der Waals surface area contributed by atoms with Crippen molar-refractivity contribution in [2.24, 2.45) is 11.3 Å². The lowest BCUT2D eigenvalue weighted by atomic mass is 9.66. The Balaban J connectivity index is 2.00. The molecular weight excluding hydrogens is 246 g/mol. The fourth-order valence-corrected chi connectivity index (χ4v) is 3.61. The van der Waals surface area contributed by atoms with Gasteiger partial charge in [0.15, 0.2) is 5.78 Å². The van der Waals surface area contributed by atoms with Gasteiger partial charge in [0.1, 0.15) is 0 Å². The summed E-state index contributed by atoms with van der Waals surface area (Å²) in [6.07, 6.45) is 6.53. The van der Waals surface area contributed by atoms with E-state index in [2.05, 4.69) is 44.0 Å². The molecule has 2 nitrogen and oxygen atoms in total. The maximum atomic E-state index is 13.0. The lowest BCUT2D eigenvalue weighted by Crippen LogP contribution is -2.34. The molecule has 0 bridgehead atoms. The Morgan fingerprint density at radius 1 is 1.30 bits per heavy atom. The quantitative estimate of drug-likeness (QED) is 0.775. The van der Waals surface area contributed by atoms with Crippen molar-refractivity contribution in [3.8, 4) is 0 Å². The highest BCUT2D eigenvalue weighted by atomic mass is 16.1. The van der Waals surface area contributed by atoms with E-state index in [0.29, 0.717) is 5.78 Å². The number of nitrogens with one attached hydrogen (secondary N) is 1.